The second-order valence-electron chi connectivity index (χ2n) is 2.33. The second kappa shape index (κ2) is 5.94. The molecule has 0 radical (unpaired) electrons. The van der Waals surface area contributed by atoms with Gasteiger partial charge in [0.2, 0.25) is 6.29 Å². The molecule has 0 aromatic rings. The van der Waals surface area contributed by atoms with E-state index in [1.807, 2.05) is 0 Å². The molecule has 18 heavy (non-hydrogen) atoms. The summed E-state index contributed by atoms with van der Waals surface area (Å²) in [6.45, 7) is 0. The highest BCUT2D eigenvalue weighted by Gasteiger charge is 2.33. The molecule has 0 spiro atoms. The highest BCUT2D eigenvalue weighted by molar-refractivity contribution is 7.84. The molecule has 0 rings (SSSR count). The van der Waals surface area contributed by atoms with Crippen LogP contribution < -0.4 is 0 Å². The van der Waals surface area contributed by atoms with Crippen molar-refractivity contribution in [1.82, 2.24) is 0 Å². The Hall–Kier alpha value is -0.0400. The lowest BCUT2D eigenvalue weighted by Gasteiger charge is -2.18. The van der Waals surface area contributed by atoms with Gasteiger partial charge in [-0.2, -0.15) is 25.3 Å². The normalized spacial score (nSPS) is 15.8. The third-order valence-corrected chi connectivity index (χ3v) is 2.69. The maximum atomic E-state index is 10.3. The van der Waals surface area contributed by atoms with Crippen LogP contribution in [0, 0.1) is 0 Å². The molecule has 0 saturated carbocycles. The lowest BCUT2D eigenvalue weighted by Crippen LogP contribution is -2.35. The van der Waals surface area contributed by atoms with E-state index in [9.17, 15) is 25.3 Å². The number of thiol groups is 1. The molecule has 0 aliphatic heterocycles. The molecule has 0 aliphatic rings. The van der Waals surface area contributed by atoms with Gasteiger partial charge in [-0.1, -0.05) is 0 Å². The van der Waals surface area contributed by atoms with Crippen molar-refractivity contribution in [2.24, 2.45) is 0 Å². The zero-order valence-electron chi connectivity index (χ0n) is 7.84. The first-order valence-electron chi connectivity index (χ1n) is 3.35. The fourth-order valence-electron chi connectivity index (χ4n) is 0.521. The first-order chi connectivity index (χ1) is 7.70. The van der Waals surface area contributed by atoms with Crippen LogP contribution in [0.3, 0.4) is 0 Å². The molecule has 16 heteroatoms. The fourth-order valence-corrected chi connectivity index (χ4v) is 2.28. The van der Waals surface area contributed by atoms with Crippen LogP contribution in [0.2, 0.25) is 0 Å². The Kier molecular flexibility index (Phi) is 5.93. The molecule has 0 bridgehead atoms. The van der Waals surface area contributed by atoms with E-state index in [0.717, 1.165) is 0 Å². The van der Waals surface area contributed by atoms with Crippen LogP contribution in [0.4, 0.5) is 0 Å². The SMILES string of the molecule is O=S(=O)(O)OC(S)C(OS(=O)(=O)O)OS(=O)(=O)O. The van der Waals surface area contributed by atoms with Crippen molar-refractivity contribution in [3.8, 4) is 0 Å². The third-order valence-electron chi connectivity index (χ3n) is 0.886. The van der Waals surface area contributed by atoms with Gasteiger partial charge in [0.25, 0.3) is 0 Å². The van der Waals surface area contributed by atoms with Crippen LogP contribution in [0.1, 0.15) is 0 Å². The third kappa shape index (κ3) is 9.94. The average Bonchev–Trinajstić information content (AvgIpc) is 1.93. The number of rotatable bonds is 7. The van der Waals surface area contributed by atoms with Crippen molar-refractivity contribution in [3.63, 3.8) is 0 Å². The predicted molar refractivity (Wildman–Crippen MR) is 54.5 cm³/mol. The van der Waals surface area contributed by atoms with E-state index < -0.39 is 42.9 Å². The van der Waals surface area contributed by atoms with Gasteiger partial charge in [0.05, 0.1) is 0 Å². The zero-order chi connectivity index (χ0) is 14.8. The average molecular weight is 350 g/mol. The minimum atomic E-state index is -5.30. The maximum Gasteiger partial charge on any atom is 0.400 e. The Balaban J connectivity index is 5.10. The Morgan fingerprint density at radius 1 is 0.722 bits per heavy atom. The molecule has 1 unspecified atom stereocenters. The van der Waals surface area contributed by atoms with E-state index in [0.29, 0.717) is 0 Å². The lowest BCUT2D eigenvalue weighted by molar-refractivity contribution is -0.0452. The number of hydrogen-bond donors (Lipinski definition) is 4. The molecule has 0 aliphatic carbocycles. The molecule has 0 amide bonds. The summed E-state index contributed by atoms with van der Waals surface area (Å²) in [5.74, 6) is 0. The van der Waals surface area contributed by atoms with Gasteiger partial charge in [0.1, 0.15) is 0 Å². The van der Waals surface area contributed by atoms with Crippen molar-refractivity contribution in [2.45, 2.75) is 11.7 Å². The van der Waals surface area contributed by atoms with Gasteiger partial charge in [0, 0.05) is 0 Å². The van der Waals surface area contributed by atoms with Crippen LogP contribution in [-0.2, 0) is 43.7 Å². The molecule has 3 N–H and O–H groups in total. The molecule has 0 aromatic heterocycles. The lowest BCUT2D eigenvalue weighted by atomic mass is 10.7. The van der Waals surface area contributed by atoms with E-state index in [1.54, 1.807) is 0 Å². The monoisotopic (exact) mass is 350 g/mol. The Morgan fingerprint density at radius 3 is 1.22 bits per heavy atom. The van der Waals surface area contributed by atoms with Crippen molar-refractivity contribution in [2.75, 3.05) is 0 Å². The standard InChI is InChI=1S/C2H6O12S4/c3-16(4,5)12-1(13-17(6,7)8)2(15)14-18(9,10)11/h1-2,15H,(H,3,4,5)(H,6,7,8)(H,9,10,11). The fraction of sp³-hybridized carbons (Fsp3) is 1.00. The van der Waals surface area contributed by atoms with E-state index >= 15 is 0 Å². The topological polar surface area (TPSA) is 191 Å². The zero-order valence-corrected chi connectivity index (χ0v) is 11.2. The molecule has 1 atom stereocenters. The van der Waals surface area contributed by atoms with Crippen LogP contribution >= 0.6 is 12.6 Å². The van der Waals surface area contributed by atoms with Gasteiger partial charge in [0.15, 0.2) is 5.44 Å². The van der Waals surface area contributed by atoms with Gasteiger partial charge in [-0.3, -0.25) is 13.7 Å². The maximum absolute atomic E-state index is 10.3. The largest absolute Gasteiger partial charge is 0.400 e. The van der Waals surface area contributed by atoms with Crippen molar-refractivity contribution < 1.29 is 51.5 Å². The van der Waals surface area contributed by atoms with Gasteiger partial charge in [-0.25, -0.2) is 12.5 Å². The smallest absolute Gasteiger partial charge is 0.263 e. The highest BCUT2D eigenvalue weighted by Crippen LogP contribution is 2.16. The summed E-state index contributed by atoms with van der Waals surface area (Å²) >= 11 is 3.18. The molecule has 0 saturated heterocycles. The summed E-state index contributed by atoms with van der Waals surface area (Å²) in [7, 11) is -15.8. The molecule has 12 nitrogen and oxygen atoms in total. The Labute approximate surface area is 107 Å². The van der Waals surface area contributed by atoms with Gasteiger partial charge in [-0.05, 0) is 0 Å². The van der Waals surface area contributed by atoms with Crippen molar-refractivity contribution in [3.05, 3.63) is 0 Å². The summed E-state index contributed by atoms with van der Waals surface area (Å²) < 4.78 is 96.8. The molecule has 0 fully saturated rings. The minimum Gasteiger partial charge on any atom is -0.263 e. The molecule has 0 heterocycles. The Morgan fingerprint density at radius 2 is 1.00 bits per heavy atom. The second-order valence-corrected chi connectivity index (χ2v) is 5.98. The quantitative estimate of drug-likeness (QED) is 0.225. The summed E-state index contributed by atoms with van der Waals surface area (Å²) in [5, 5.41) is 0. The highest BCUT2D eigenvalue weighted by atomic mass is 32.3. The van der Waals surface area contributed by atoms with E-state index in [4.69, 9.17) is 13.7 Å². The van der Waals surface area contributed by atoms with E-state index in [-0.39, 0.29) is 0 Å². The van der Waals surface area contributed by atoms with Crippen molar-refractivity contribution in [1.29, 1.82) is 0 Å². The molecular formula is C2H6O12S4. The van der Waals surface area contributed by atoms with Crippen LogP contribution in [0.5, 0.6) is 0 Å². The van der Waals surface area contributed by atoms with Crippen LogP contribution in [-0.4, -0.2) is 50.6 Å². The van der Waals surface area contributed by atoms with Crippen LogP contribution in [0.15, 0.2) is 0 Å². The first kappa shape index (κ1) is 18.0. The van der Waals surface area contributed by atoms with E-state index in [1.165, 1.54) is 0 Å². The predicted octanol–water partition coefficient (Wildman–Crippen LogP) is -1.97. The Bertz CT molecular complexity index is 532. The molecule has 110 valence electrons. The van der Waals surface area contributed by atoms with Gasteiger partial charge >= 0.3 is 31.2 Å². The van der Waals surface area contributed by atoms with Crippen LogP contribution in [0.25, 0.3) is 0 Å². The summed E-state index contributed by atoms with van der Waals surface area (Å²) in [6.07, 6.45) is -2.72. The summed E-state index contributed by atoms with van der Waals surface area (Å²) in [5.41, 5.74) is -2.34. The molecule has 0 aromatic carbocycles. The van der Waals surface area contributed by atoms with Gasteiger partial charge < -0.3 is 0 Å². The molecular weight excluding hydrogens is 344 g/mol. The van der Waals surface area contributed by atoms with Gasteiger partial charge in [-0.15, -0.1) is 12.6 Å². The summed E-state index contributed by atoms with van der Waals surface area (Å²) in [4.78, 5) is 0. The minimum absolute atomic E-state index is 2.34. The first-order valence-corrected chi connectivity index (χ1v) is 7.96. The number of hydrogen-bond acceptors (Lipinski definition) is 10. The van der Waals surface area contributed by atoms with Crippen molar-refractivity contribution >= 4 is 43.8 Å². The van der Waals surface area contributed by atoms with E-state index in [2.05, 4.69) is 25.2 Å². The summed E-state index contributed by atoms with van der Waals surface area (Å²) in [6, 6.07) is 0.